The van der Waals surface area contributed by atoms with E-state index in [9.17, 15) is 19.2 Å². The van der Waals surface area contributed by atoms with Crippen molar-refractivity contribution in [1.82, 2.24) is 4.90 Å². The van der Waals surface area contributed by atoms with Crippen LogP contribution in [0.15, 0.2) is 34.3 Å². The summed E-state index contributed by atoms with van der Waals surface area (Å²) in [6.07, 6.45) is 2.29. The topological polar surface area (TPSA) is 80.8 Å². The summed E-state index contributed by atoms with van der Waals surface area (Å²) >= 11 is 3.36. The number of piperidine rings is 1. The third-order valence-corrected chi connectivity index (χ3v) is 5.56. The fraction of sp³-hybridized carbons (Fsp3) is 0.429. The molecule has 150 valence electrons. The summed E-state index contributed by atoms with van der Waals surface area (Å²) in [6.45, 7) is 4.92. The van der Waals surface area contributed by atoms with E-state index in [1.807, 2.05) is 38.1 Å². The van der Waals surface area contributed by atoms with Crippen LogP contribution in [0.4, 0.5) is 0 Å². The lowest BCUT2D eigenvalue weighted by Crippen LogP contribution is -2.57. The summed E-state index contributed by atoms with van der Waals surface area (Å²) in [6, 6.07) is 6.45. The van der Waals surface area contributed by atoms with Gasteiger partial charge in [0.1, 0.15) is 11.8 Å². The summed E-state index contributed by atoms with van der Waals surface area (Å²) < 4.78 is 5.79. The Bertz CT molecular complexity index is 815. The number of hydrogen-bond donors (Lipinski definition) is 0. The lowest BCUT2D eigenvalue weighted by atomic mass is 9.85. The van der Waals surface area contributed by atoms with Gasteiger partial charge in [-0.3, -0.25) is 14.4 Å². The molecule has 7 heteroatoms. The molecule has 28 heavy (non-hydrogen) atoms. The summed E-state index contributed by atoms with van der Waals surface area (Å²) in [5.74, 6) is -3.85. The van der Waals surface area contributed by atoms with E-state index in [-0.39, 0.29) is 12.5 Å². The van der Waals surface area contributed by atoms with Gasteiger partial charge in [-0.25, -0.2) is 4.79 Å². The minimum atomic E-state index is -1.42. The number of Topliss-reactive ketones (excluding diaryl/α,β-unsaturated/α-hetero) is 2. The molecule has 0 bridgehead atoms. The molecule has 2 rings (SSSR count). The van der Waals surface area contributed by atoms with Crippen LogP contribution in [0.3, 0.4) is 0 Å². The molecule has 1 aromatic carbocycles. The molecule has 3 unspecified atom stereocenters. The van der Waals surface area contributed by atoms with Crippen molar-refractivity contribution in [2.24, 2.45) is 11.8 Å². The molecule has 1 heterocycles. The quantitative estimate of drug-likeness (QED) is 0.378. The molecule has 1 aromatic rings. The highest BCUT2D eigenvalue weighted by Crippen LogP contribution is 2.28. The molecular weight excluding hydrogens is 426 g/mol. The van der Waals surface area contributed by atoms with E-state index in [0.717, 1.165) is 10.0 Å². The molecule has 1 aliphatic heterocycles. The molecule has 6 nitrogen and oxygen atoms in total. The van der Waals surface area contributed by atoms with Gasteiger partial charge in [0.15, 0.2) is 11.7 Å². The molecular formula is C21H24BrNO5. The van der Waals surface area contributed by atoms with E-state index < -0.39 is 35.4 Å². The Hall–Kier alpha value is -2.28. The zero-order valence-electron chi connectivity index (χ0n) is 16.4. The number of carbonyl (C=O) groups excluding carboxylic acids is 4. The molecule has 1 aliphatic rings. The molecule has 0 aromatic heterocycles. The summed E-state index contributed by atoms with van der Waals surface area (Å²) in [7, 11) is 1.26. The number of rotatable bonds is 6. The first kappa shape index (κ1) is 22.0. The Morgan fingerprint density at radius 3 is 2.39 bits per heavy atom. The average molecular weight is 450 g/mol. The second kappa shape index (κ2) is 9.28. The normalized spacial score (nSPS) is 20.8. The van der Waals surface area contributed by atoms with Crippen LogP contribution >= 0.6 is 15.9 Å². The fourth-order valence-electron chi connectivity index (χ4n) is 3.28. The highest BCUT2D eigenvalue weighted by Gasteiger charge is 2.46. The Kier molecular flexibility index (Phi) is 7.29. The molecule has 0 aliphatic carbocycles. The van der Waals surface area contributed by atoms with Gasteiger partial charge in [0, 0.05) is 10.0 Å². The van der Waals surface area contributed by atoms with Gasteiger partial charge in [0.2, 0.25) is 5.91 Å². The van der Waals surface area contributed by atoms with E-state index in [0.29, 0.717) is 12.0 Å². The number of esters is 1. The summed E-state index contributed by atoms with van der Waals surface area (Å²) in [5, 5.41) is 0. The molecule has 1 fully saturated rings. The maximum atomic E-state index is 12.9. The number of ether oxygens (including phenoxy) is 1. The van der Waals surface area contributed by atoms with E-state index >= 15 is 0 Å². The number of hydrogen-bond acceptors (Lipinski definition) is 5. The Morgan fingerprint density at radius 1 is 1.29 bits per heavy atom. The first-order chi connectivity index (χ1) is 13.2. The van der Waals surface area contributed by atoms with Crippen LogP contribution in [0.2, 0.25) is 0 Å². The molecule has 1 saturated heterocycles. The minimum absolute atomic E-state index is 0.0401. The summed E-state index contributed by atoms with van der Waals surface area (Å²) in [5.41, 5.74) is 1.08. The average Bonchev–Trinajstić information content (AvgIpc) is 2.66. The van der Waals surface area contributed by atoms with Gasteiger partial charge in [-0.15, -0.1) is 0 Å². The number of amides is 1. The number of methoxy groups -OCH3 is 1. The predicted octanol–water partition coefficient (Wildman–Crippen LogP) is 3.04. The van der Waals surface area contributed by atoms with Crippen molar-refractivity contribution in [1.29, 1.82) is 0 Å². The van der Waals surface area contributed by atoms with Crippen LogP contribution in [0.5, 0.6) is 0 Å². The summed E-state index contributed by atoms with van der Waals surface area (Å²) in [4.78, 5) is 51.6. The first-order valence-corrected chi connectivity index (χ1v) is 9.89. The standard InChI is InChI=1S/C21H24BrNO5/c1-5-12(2)18(21(27)28-4)23-11-15(10-14-6-8-16(22)9-7-14)19(25)17(13(3)24)20(23)26/h6-10,12,17-18H,5,11H2,1-4H3/b15-10+. The van der Waals surface area contributed by atoms with Gasteiger partial charge in [-0.05, 0) is 36.6 Å². The number of benzene rings is 1. The van der Waals surface area contributed by atoms with Gasteiger partial charge < -0.3 is 9.64 Å². The Morgan fingerprint density at radius 2 is 1.89 bits per heavy atom. The van der Waals surface area contributed by atoms with Crippen molar-refractivity contribution in [2.75, 3.05) is 13.7 Å². The van der Waals surface area contributed by atoms with Gasteiger partial charge in [-0.1, -0.05) is 48.3 Å². The zero-order valence-corrected chi connectivity index (χ0v) is 18.0. The van der Waals surface area contributed by atoms with E-state index in [1.54, 1.807) is 6.08 Å². The zero-order chi connectivity index (χ0) is 21.0. The van der Waals surface area contributed by atoms with Crippen molar-refractivity contribution < 1.29 is 23.9 Å². The van der Waals surface area contributed by atoms with Crippen LogP contribution in [0.25, 0.3) is 6.08 Å². The van der Waals surface area contributed by atoms with Gasteiger partial charge in [0.25, 0.3) is 0 Å². The molecule has 0 spiro atoms. The van der Waals surface area contributed by atoms with Crippen molar-refractivity contribution in [3.8, 4) is 0 Å². The van der Waals surface area contributed by atoms with Gasteiger partial charge >= 0.3 is 5.97 Å². The van der Waals surface area contributed by atoms with E-state index in [2.05, 4.69) is 15.9 Å². The van der Waals surface area contributed by atoms with Crippen LogP contribution in [-0.2, 0) is 23.9 Å². The van der Waals surface area contributed by atoms with Gasteiger partial charge in [0.05, 0.1) is 13.7 Å². The van der Waals surface area contributed by atoms with Crippen molar-refractivity contribution in [2.45, 2.75) is 33.2 Å². The second-order valence-electron chi connectivity index (χ2n) is 6.95. The van der Waals surface area contributed by atoms with Crippen molar-refractivity contribution in [3.05, 3.63) is 39.9 Å². The van der Waals surface area contributed by atoms with Crippen LogP contribution in [0, 0.1) is 11.8 Å². The van der Waals surface area contributed by atoms with Crippen LogP contribution in [-0.4, -0.2) is 48.0 Å². The van der Waals surface area contributed by atoms with Crippen LogP contribution in [0.1, 0.15) is 32.8 Å². The van der Waals surface area contributed by atoms with Gasteiger partial charge in [-0.2, -0.15) is 0 Å². The monoisotopic (exact) mass is 449 g/mol. The lowest BCUT2D eigenvalue weighted by molar-refractivity contribution is -0.160. The maximum Gasteiger partial charge on any atom is 0.328 e. The number of carbonyl (C=O) groups is 4. The van der Waals surface area contributed by atoms with Crippen molar-refractivity contribution >= 4 is 45.4 Å². The number of ketones is 2. The predicted molar refractivity (Wildman–Crippen MR) is 108 cm³/mol. The van der Waals surface area contributed by atoms with Crippen molar-refractivity contribution in [3.63, 3.8) is 0 Å². The van der Waals surface area contributed by atoms with E-state index in [4.69, 9.17) is 4.74 Å². The Balaban J connectivity index is 2.52. The fourth-order valence-corrected chi connectivity index (χ4v) is 3.55. The molecule has 3 atom stereocenters. The molecule has 0 radical (unpaired) electrons. The maximum absolute atomic E-state index is 12.9. The highest BCUT2D eigenvalue weighted by atomic mass is 79.9. The SMILES string of the molecule is CCC(C)C(C(=O)OC)N1C/C(=C\c2ccc(Br)cc2)C(=O)C(C(C)=O)C1=O. The molecule has 0 saturated carbocycles. The number of likely N-dealkylation sites (tertiary alicyclic amines) is 1. The largest absolute Gasteiger partial charge is 0.467 e. The second-order valence-corrected chi connectivity index (χ2v) is 7.86. The van der Waals surface area contributed by atoms with Crippen LogP contribution < -0.4 is 0 Å². The smallest absolute Gasteiger partial charge is 0.328 e. The third-order valence-electron chi connectivity index (χ3n) is 5.03. The lowest BCUT2D eigenvalue weighted by Gasteiger charge is -2.38. The highest BCUT2D eigenvalue weighted by molar-refractivity contribution is 9.10. The molecule has 1 amide bonds. The third kappa shape index (κ3) is 4.58. The number of halogens is 1. The van der Waals surface area contributed by atoms with E-state index in [1.165, 1.54) is 18.9 Å². The Labute approximate surface area is 173 Å². The first-order valence-electron chi connectivity index (χ1n) is 9.10. The minimum Gasteiger partial charge on any atom is -0.467 e. The number of nitrogens with zero attached hydrogens (tertiary/aromatic N) is 1. The molecule has 0 N–H and O–H groups in total.